The molecule has 1 heterocycles. The minimum absolute atomic E-state index is 0.233. The number of carbonyl (C=O) groups excluding carboxylic acids is 1. The van der Waals surface area contributed by atoms with E-state index in [2.05, 4.69) is 5.32 Å². The van der Waals surface area contributed by atoms with Crippen LogP contribution in [0.25, 0.3) is 0 Å². The first kappa shape index (κ1) is 9.98. The Balaban J connectivity index is 0.000000371. The molecule has 0 aromatic carbocycles. The SMILES string of the molecule is CC.CC(=O)SC1CNC1. The summed E-state index contributed by atoms with van der Waals surface area (Å²) in [4.78, 5) is 10.4. The van der Waals surface area contributed by atoms with Crippen molar-refractivity contribution >= 4 is 16.9 Å². The fourth-order valence-corrected chi connectivity index (χ4v) is 1.45. The molecule has 0 atom stereocenters. The zero-order valence-electron chi connectivity index (χ0n) is 6.81. The Labute approximate surface area is 66.8 Å². The standard InChI is InChI=1S/C5H9NOS.C2H6/c1-4(7)8-5-2-6-3-5;1-2/h5-6H,2-3H2,1H3;1-2H3. The van der Waals surface area contributed by atoms with Crippen LogP contribution in [0.3, 0.4) is 0 Å². The first-order valence-electron chi connectivity index (χ1n) is 3.67. The summed E-state index contributed by atoms with van der Waals surface area (Å²) in [6.45, 7) is 7.62. The van der Waals surface area contributed by atoms with Gasteiger partial charge in [0.05, 0.1) is 0 Å². The Morgan fingerprint density at radius 3 is 2.10 bits per heavy atom. The first-order valence-corrected chi connectivity index (χ1v) is 4.55. The highest BCUT2D eigenvalue weighted by molar-refractivity contribution is 8.14. The van der Waals surface area contributed by atoms with Crippen molar-refractivity contribution in [2.75, 3.05) is 13.1 Å². The van der Waals surface area contributed by atoms with Gasteiger partial charge in [-0.2, -0.15) is 0 Å². The van der Waals surface area contributed by atoms with Crippen LogP contribution >= 0.6 is 11.8 Å². The highest BCUT2D eigenvalue weighted by Gasteiger charge is 2.18. The zero-order chi connectivity index (χ0) is 7.98. The van der Waals surface area contributed by atoms with Gasteiger partial charge in [0.1, 0.15) is 0 Å². The third kappa shape index (κ3) is 3.90. The van der Waals surface area contributed by atoms with Gasteiger partial charge in [0.25, 0.3) is 0 Å². The second-order valence-corrected chi connectivity index (χ2v) is 3.37. The average molecular weight is 161 g/mol. The topological polar surface area (TPSA) is 29.1 Å². The molecule has 0 aliphatic carbocycles. The summed E-state index contributed by atoms with van der Waals surface area (Å²) in [5.74, 6) is 0. The van der Waals surface area contributed by atoms with Crippen LogP contribution in [0.5, 0.6) is 0 Å². The van der Waals surface area contributed by atoms with Crippen LogP contribution in [0, 0.1) is 0 Å². The van der Waals surface area contributed by atoms with E-state index in [4.69, 9.17) is 0 Å². The number of thioether (sulfide) groups is 1. The van der Waals surface area contributed by atoms with Gasteiger partial charge in [-0.15, -0.1) is 0 Å². The fraction of sp³-hybridized carbons (Fsp3) is 0.857. The van der Waals surface area contributed by atoms with Crippen molar-refractivity contribution in [1.29, 1.82) is 0 Å². The largest absolute Gasteiger partial charge is 0.314 e. The Morgan fingerprint density at radius 2 is 2.00 bits per heavy atom. The number of nitrogens with one attached hydrogen (secondary N) is 1. The summed E-state index contributed by atoms with van der Waals surface area (Å²) in [6, 6.07) is 0. The second kappa shape index (κ2) is 5.74. The van der Waals surface area contributed by atoms with Gasteiger partial charge < -0.3 is 5.32 Å². The fourth-order valence-electron chi connectivity index (χ4n) is 0.580. The van der Waals surface area contributed by atoms with Crippen molar-refractivity contribution in [3.8, 4) is 0 Å². The van der Waals surface area contributed by atoms with E-state index in [0.29, 0.717) is 5.25 Å². The molecule has 0 bridgehead atoms. The first-order chi connectivity index (χ1) is 4.79. The summed E-state index contributed by atoms with van der Waals surface area (Å²) < 4.78 is 0. The van der Waals surface area contributed by atoms with Crippen LogP contribution in [0.15, 0.2) is 0 Å². The van der Waals surface area contributed by atoms with Crippen LogP contribution in [0.2, 0.25) is 0 Å². The van der Waals surface area contributed by atoms with Crippen LogP contribution in [-0.4, -0.2) is 23.5 Å². The van der Waals surface area contributed by atoms with Crippen molar-refractivity contribution in [1.82, 2.24) is 5.32 Å². The van der Waals surface area contributed by atoms with Crippen molar-refractivity contribution < 1.29 is 4.79 Å². The van der Waals surface area contributed by atoms with Gasteiger partial charge >= 0.3 is 0 Å². The highest BCUT2D eigenvalue weighted by atomic mass is 32.2. The molecule has 0 saturated carbocycles. The van der Waals surface area contributed by atoms with Crippen molar-refractivity contribution in [2.45, 2.75) is 26.0 Å². The van der Waals surface area contributed by atoms with Crippen LogP contribution < -0.4 is 5.32 Å². The van der Waals surface area contributed by atoms with Gasteiger partial charge in [0, 0.05) is 25.3 Å². The van der Waals surface area contributed by atoms with Gasteiger partial charge in [0.2, 0.25) is 0 Å². The smallest absolute Gasteiger partial charge is 0.186 e. The van der Waals surface area contributed by atoms with E-state index in [1.165, 1.54) is 11.8 Å². The molecular formula is C7H15NOS. The van der Waals surface area contributed by atoms with E-state index < -0.39 is 0 Å². The number of carbonyl (C=O) groups is 1. The lowest BCUT2D eigenvalue weighted by atomic mass is 10.3. The summed E-state index contributed by atoms with van der Waals surface area (Å²) in [5.41, 5.74) is 0. The van der Waals surface area contributed by atoms with Crippen LogP contribution in [-0.2, 0) is 4.79 Å². The molecule has 0 aromatic rings. The normalized spacial score (nSPS) is 16.7. The summed E-state index contributed by atoms with van der Waals surface area (Å²) in [7, 11) is 0. The minimum Gasteiger partial charge on any atom is -0.314 e. The zero-order valence-corrected chi connectivity index (χ0v) is 7.62. The molecular weight excluding hydrogens is 146 g/mol. The molecule has 0 amide bonds. The maximum Gasteiger partial charge on any atom is 0.186 e. The van der Waals surface area contributed by atoms with E-state index in [1.54, 1.807) is 6.92 Å². The molecule has 10 heavy (non-hydrogen) atoms. The van der Waals surface area contributed by atoms with E-state index >= 15 is 0 Å². The molecule has 1 aliphatic rings. The predicted molar refractivity (Wildman–Crippen MR) is 46.3 cm³/mol. The summed E-state index contributed by atoms with van der Waals surface area (Å²) in [5, 5.41) is 3.89. The van der Waals surface area contributed by atoms with E-state index in [-0.39, 0.29) is 5.12 Å². The Hall–Kier alpha value is -0.0200. The van der Waals surface area contributed by atoms with Crippen LogP contribution in [0.1, 0.15) is 20.8 Å². The van der Waals surface area contributed by atoms with Crippen LogP contribution in [0.4, 0.5) is 0 Å². The molecule has 1 aliphatic heterocycles. The monoisotopic (exact) mass is 161 g/mol. The molecule has 1 rings (SSSR count). The molecule has 0 aromatic heterocycles. The van der Waals surface area contributed by atoms with Crippen molar-refractivity contribution in [3.63, 3.8) is 0 Å². The Morgan fingerprint density at radius 1 is 1.50 bits per heavy atom. The Bertz CT molecular complexity index is 102. The van der Waals surface area contributed by atoms with Gasteiger partial charge in [-0.05, 0) is 0 Å². The van der Waals surface area contributed by atoms with E-state index in [1.807, 2.05) is 13.8 Å². The molecule has 2 nitrogen and oxygen atoms in total. The lowest BCUT2D eigenvalue weighted by molar-refractivity contribution is -0.109. The molecule has 1 N–H and O–H groups in total. The van der Waals surface area contributed by atoms with Crippen molar-refractivity contribution in [3.05, 3.63) is 0 Å². The van der Waals surface area contributed by atoms with Gasteiger partial charge in [-0.25, -0.2) is 0 Å². The second-order valence-electron chi connectivity index (χ2n) is 1.89. The number of hydrogen-bond acceptors (Lipinski definition) is 3. The van der Waals surface area contributed by atoms with Gasteiger partial charge in [-0.3, -0.25) is 4.79 Å². The van der Waals surface area contributed by atoms with E-state index in [9.17, 15) is 4.79 Å². The average Bonchev–Trinajstić information content (AvgIpc) is 1.84. The molecule has 0 unspecified atom stereocenters. The summed E-state index contributed by atoms with van der Waals surface area (Å²) >= 11 is 1.44. The lowest BCUT2D eigenvalue weighted by Crippen LogP contribution is -2.44. The summed E-state index contributed by atoms with van der Waals surface area (Å²) in [6.07, 6.45) is 0. The highest BCUT2D eigenvalue weighted by Crippen LogP contribution is 2.14. The quantitative estimate of drug-likeness (QED) is 0.628. The Kier molecular flexibility index (Phi) is 5.73. The molecule has 3 heteroatoms. The van der Waals surface area contributed by atoms with Crippen molar-refractivity contribution in [2.24, 2.45) is 0 Å². The molecule has 1 saturated heterocycles. The number of rotatable bonds is 1. The van der Waals surface area contributed by atoms with E-state index in [0.717, 1.165) is 13.1 Å². The third-order valence-corrected chi connectivity index (χ3v) is 2.08. The molecule has 0 radical (unpaired) electrons. The molecule has 1 fully saturated rings. The van der Waals surface area contributed by atoms with Gasteiger partial charge in [-0.1, -0.05) is 25.6 Å². The van der Waals surface area contributed by atoms with Gasteiger partial charge in [0.15, 0.2) is 5.12 Å². The molecule has 0 spiro atoms. The maximum absolute atomic E-state index is 10.4. The molecule has 60 valence electrons. The third-order valence-electron chi connectivity index (χ3n) is 1.08. The predicted octanol–water partition coefficient (Wildman–Crippen LogP) is 1.26. The minimum atomic E-state index is 0.233. The maximum atomic E-state index is 10.4. The lowest BCUT2D eigenvalue weighted by Gasteiger charge is -2.24. The number of hydrogen-bond donors (Lipinski definition) is 1.